The highest BCUT2D eigenvalue weighted by Crippen LogP contribution is 2.46. The summed E-state index contributed by atoms with van der Waals surface area (Å²) in [7, 11) is -1.44. The van der Waals surface area contributed by atoms with Crippen LogP contribution in [0.1, 0.15) is 49.2 Å². The van der Waals surface area contributed by atoms with Gasteiger partial charge in [-0.2, -0.15) is 0 Å². The molecule has 0 N–H and O–H groups in total. The standard InChI is InChI=1S/C19H26O2Si/c1-18(2)12-15-10-14(8-9-22(5,6)7)11-16(13-20)17(15)21-19(18,3)4/h10-11,13H,12H2,1-7H3. The van der Waals surface area contributed by atoms with Crippen molar-refractivity contribution in [1.29, 1.82) is 0 Å². The topological polar surface area (TPSA) is 26.3 Å². The summed E-state index contributed by atoms with van der Waals surface area (Å²) in [5, 5.41) is 0. The Hall–Kier alpha value is -1.53. The fraction of sp³-hybridized carbons (Fsp3) is 0.526. The molecular formula is C19H26O2Si. The van der Waals surface area contributed by atoms with Crippen molar-refractivity contribution in [2.45, 2.75) is 59.4 Å². The van der Waals surface area contributed by atoms with E-state index in [0.717, 1.165) is 29.6 Å². The zero-order valence-electron chi connectivity index (χ0n) is 14.8. The summed E-state index contributed by atoms with van der Waals surface area (Å²) < 4.78 is 6.19. The molecule has 0 spiro atoms. The molecule has 0 radical (unpaired) electrons. The lowest BCUT2D eigenvalue weighted by Gasteiger charge is -2.46. The maximum atomic E-state index is 11.5. The molecule has 0 saturated heterocycles. The quantitative estimate of drug-likeness (QED) is 0.434. The molecule has 1 aromatic rings. The number of hydrogen-bond donors (Lipinski definition) is 0. The molecule has 1 aliphatic heterocycles. The van der Waals surface area contributed by atoms with Gasteiger partial charge in [-0.1, -0.05) is 39.4 Å². The molecule has 0 aromatic heterocycles. The van der Waals surface area contributed by atoms with E-state index in [1.807, 2.05) is 6.07 Å². The average molecular weight is 315 g/mol. The number of carbonyl (C=O) groups is 1. The van der Waals surface area contributed by atoms with Gasteiger partial charge in [0.25, 0.3) is 0 Å². The van der Waals surface area contributed by atoms with E-state index in [1.165, 1.54) is 0 Å². The van der Waals surface area contributed by atoms with Crippen LogP contribution < -0.4 is 4.74 Å². The van der Waals surface area contributed by atoms with Crippen LogP contribution in [0, 0.1) is 16.9 Å². The summed E-state index contributed by atoms with van der Waals surface area (Å²) in [4.78, 5) is 11.5. The number of carbonyl (C=O) groups excluding carboxylic acids is 1. The van der Waals surface area contributed by atoms with E-state index in [-0.39, 0.29) is 11.0 Å². The van der Waals surface area contributed by atoms with Gasteiger partial charge in [0, 0.05) is 11.0 Å². The predicted octanol–water partition coefficient (Wildman–Crippen LogP) is 4.47. The van der Waals surface area contributed by atoms with Crippen LogP contribution in [-0.2, 0) is 6.42 Å². The largest absolute Gasteiger partial charge is 0.486 e. The third-order valence-corrected chi connectivity index (χ3v) is 5.40. The average Bonchev–Trinajstić information content (AvgIpc) is 2.35. The fourth-order valence-corrected chi connectivity index (χ4v) is 2.99. The van der Waals surface area contributed by atoms with E-state index in [1.54, 1.807) is 0 Å². The SMILES string of the molecule is CC1(C)Cc2cc(C#C[Si](C)(C)C)cc(C=O)c2OC1(C)C. The Morgan fingerprint density at radius 2 is 1.82 bits per heavy atom. The number of hydrogen-bond acceptors (Lipinski definition) is 2. The second kappa shape index (κ2) is 5.28. The third kappa shape index (κ3) is 3.28. The summed E-state index contributed by atoms with van der Waals surface area (Å²) in [5.74, 6) is 3.99. The van der Waals surface area contributed by atoms with E-state index in [4.69, 9.17) is 4.74 Å². The highest BCUT2D eigenvalue weighted by Gasteiger charge is 2.44. The molecule has 0 aliphatic carbocycles. The molecule has 0 amide bonds. The smallest absolute Gasteiger partial charge is 0.153 e. The van der Waals surface area contributed by atoms with Gasteiger partial charge in [-0.05, 0) is 38.0 Å². The van der Waals surface area contributed by atoms with E-state index < -0.39 is 8.07 Å². The van der Waals surface area contributed by atoms with Gasteiger partial charge in [-0.15, -0.1) is 5.54 Å². The van der Waals surface area contributed by atoms with Crippen molar-refractivity contribution >= 4 is 14.4 Å². The first kappa shape index (κ1) is 16.8. The summed E-state index contributed by atoms with van der Waals surface area (Å²) in [6.45, 7) is 15.2. The van der Waals surface area contributed by atoms with Gasteiger partial charge in [0.2, 0.25) is 0 Å². The molecule has 2 rings (SSSR count). The van der Waals surface area contributed by atoms with Crippen molar-refractivity contribution in [2.24, 2.45) is 5.41 Å². The molecule has 0 fully saturated rings. The molecule has 0 saturated carbocycles. The molecule has 0 bridgehead atoms. The van der Waals surface area contributed by atoms with Crippen LogP contribution in [-0.4, -0.2) is 20.0 Å². The maximum Gasteiger partial charge on any atom is 0.153 e. The van der Waals surface area contributed by atoms with Crippen molar-refractivity contribution in [1.82, 2.24) is 0 Å². The highest BCUT2D eigenvalue weighted by molar-refractivity contribution is 6.83. The van der Waals surface area contributed by atoms with E-state index in [0.29, 0.717) is 5.56 Å². The number of ether oxygens (including phenoxy) is 1. The van der Waals surface area contributed by atoms with Crippen LogP contribution in [0.25, 0.3) is 0 Å². The second-order valence-corrected chi connectivity index (χ2v) is 13.1. The first-order valence-electron chi connectivity index (χ1n) is 7.79. The number of aldehydes is 1. The zero-order valence-corrected chi connectivity index (χ0v) is 15.8. The van der Waals surface area contributed by atoms with Gasteiger partial charge in [-0.25, -0.2) is 0 Å². The van der Waals surface area contributed by atoms with E-state index in [9.17, 15) is 4.79 Å². The Morgan fingerprint density at radius 3 is 2.36 bits per heavy atom. The Kier molecular flexibility index (Phi) is 4.04. The normalized spacial score (nSPS) is 18.5. The van der Waals surface area contributed by atoms with Gasteiger partial charge >= 0.3 is 0 Å². The number of benzene rings is 1. The fourth-order valence-electron chi connectivity index (χ4n) is 2.47. The molecule has 118 valence electrons. The molecule has 3 heteroatoms. The molecular weight excluding hydrogens is 288 g/mol. The lowest BCUT2D eigenvalue weighted by Crippen LogP contribution is -2.48. The van der Waals surface area contributed by atoms with Crippen LogP contribution in [0.3, 0.4) is 0 Å². The highest BCUT2D eigenvalue weighted by atomic mass is 28.3. The minimum Gasteiger partial charge on any atom is -0.486 e. The summed E-state index contributed by atoms with van der Waals surface area (Å²) >= 11 is 0. The molecule has 1 aliphatic rings. The first-order chi connectivity index (χ1) is 9.95. The van der Waals surface area contributed by atoms with Crippen molar-refractivity contribution in [3.8, 4) is 17.2 Å². The van der Waals surface area contributed by atoms with E-state index >= 15 is 0 Å². The Balaban J connectivity index is 2.55. The van der Waals surface area contributed by atoms with Crippen molar-refractivity contribution in [3.63, 3.8) is 0 Å². The minimum absolute atomic E-state index is 0.00494. The lowest BCUT2D eigenvalue weighted by atomic mass is 9.70. The summed E-state index contributed by atoms with van der Waals surface area (Å²) in [6.07, 6.45) is 1.77. The Bertz CT molecular complexity index is 667. The first-order valence-corrected chi connectivity index (χ1v) is 11.3. The van der Waals surface area contributed by atoms with Crippen molar-refractivity contribution in [3.05, 3.63) is 28.8 Å². The van der Waals surface area contributed by atoms with Crippen LogP contribution >= 0.6 is 0 Å². The molecule has 22 heavy (non-hydrogen) atoms. The summed E-state index contributed by atoms with van der Waals surface area (Å²) in [6, 6.07) is 3.94. The molecule has 2 nitrogen and oxygen atoms in total. The summed E-state index contributed by atoms with van der Waals surface area (Å²) in [5.41, 5.74) is 5.69. The second-order valence-electron chi connectivity index (χ2n) is 8.34. The number of fused-ring (bicyclic) bond motifs is 1. The van der Waals surface area contributed by atoms with Crippen LogP contribution in [0.4, 0.5) is 0 Å². The number of rotatable bonds is 1. The van der Waals surface area contributed by atoms with Gasteiger partial charge < -0.3 is 4.74 Å². The van der Waals surface area contributed by atoms with Crippen LogP contribution in [0.15, 0.2) is 12.1 Å². The molecule has 1 heterocycles. The minimum atomic E-state index is -1.44. The Labute approximate surface area is 135 Å². The maximum absolute atomic E-state index is 11.5. The van der Waals surface area contributed by atoms with Gasteiger partial charge in [-0.3, -0.25) is 4.79 Å². The predicted molar refractivity (Wildman–Crippen MR) is 94.2 cm³/mol. The van der Waals surface area contributed by atoms with Gasteiger partial charge in [0.15, 0.2) is 6.29 Å². The van der Waals surface area contributed by atoms with Crippen LogP contribution in [0.2, 0.25) is 19.6 Å². The van der Waals surface area contributed by atoms with Crippen molar-refractivity contribution in [2.75, 3.05) is 0 Å². The molecule has 0 atom stereocenters. The lowest BCUT2D eigenvalue weighted by molar-refractivity contribution is -0.0274. The van der Waals surface area contributed by atoms with Crippen LogP contribution in [0.5, 0.6) is 5.75 Å². The zero-order chi connectivity index (χ0) is 16.8. The van der Waals surface area contributed by atoms with Gasteiger partial charge in [0.05, 0.1) is 5.56 Å². The molecule has 1 aromatic carbocycles. The molecule has 0 unspecified atom stereocenters. The third-order valence-electron chi connectivity index (χ3n) is 4.52. The van der Waals surface area contributed by atoms with Crippen molar-refractivity contribution < 1.29 is 9.53 Å². The van der Waals surface area contributed by atoms with E-state index in [2.05, 4.69) is 64.9 Å². The van der Waals surface area contributed by atoms with Gasteiger partial charge in [0.1, 0.15) is 19.4 Å². The Morgan fingerprint density at radius 1 is 1.18 bits per heavy atom. The monoisotopic (exact) mass is 314 g/mol.